The molecule has 0 heterocycles. The van der Waals surface area contributed by atoms with E-state index in [9.17, 15) is 14.5 Å². The average molecular weight is 258 g/mol. The molecule has 5 atom stereocenters. The van der Waals surface area contributed by atoms with Crippen LogP contribution in [0.25, 0.3) is 0 Å². The van der Waals surface area contributed by atoms with Crippen molar-refractivity contribution in [1.82, 2.24) is 0 Å². The van der Waals surface area contributed by atoms with E-state index in [4.69, 9.17) is 25.1 Å². The van der Waals surface area contributed by atoms with Crippen LogP contribution in [0.15, 0.2) is 0 Å². The second-order valence-corrected chi connectivity index (χ2v) is 4.53. The van der Waals surface area contributed by atoms with E-state index in [1.165, 1.54) is 0 Å². The molecule has 0 radical (unpaired) electrons. The zero-order valence-electron chi connectivity index (χ0n) is 7.74. The SMILES string of the molecule is O=C1C(O)C(O)C(O)C(O)C1OP(=O)(O)O. The fraction of sp³-hybridized carbons (Fsp3) is 0.833. The van der Waals surface area contributed by atoms with Crippen LogP contribution in [-0.2, 0) is 13.9 Å². The van der Waals surface area contributed by atoms with Gasteiger partial charge in [-0.05, 0) is 0 Å². The Bertz CT molecular complexity index is 324. The molecule has 1 aliphatic rings. The third-order valence-corrected chi connectivity index (χ3v) is 2.66. The number of carbonyl (C=O) groups excluding carboxylic acids is 1. The van der Waals surface area contributed by atoms with Crippen LogP contribution < -0.4 is 0 Å². The lowest BCUT2D eigenvalue weighted by Gasteiger charge is -2.36. The average Bonchev–Trinajstić information content (AvgIpc) is 2.17. The molecule has 1 rings (SSSR count). The Labute approximate surface area is 89.1 Å². The van der Waals surface area contributed by atoms with Crippen molar-refractivity contribution < 1.29 is 44.1 Å². The number of aliphatic hydroxyl groups excluding tert-OH is 4. The van der Waals surface area contributed by atoms with Crippen molar-refractivity contribution in [3.8, 4) is 0 Å². The fourth-order valence-corrected chi connectivity index (χ4v) is 1.86. The Kier molecular flexibility index (Phi) is 3.83. The van der Waals surface area contributed by atoms with Gasteiger partial charge in [-0.3, -0.25) is 9.32 Å². The molecule has 6 N–H and O–H groups in total. The molecular weight excluding hydrogens is 247 g/mol. The number of rotatable bonds is 2. The molecular formula is C6H11O9P. The van der Waals surface area contributed by atoms with E-state index in [1.807, 2.05) is 0 Å². The van der Waals surface area contributed by atoms with Gasteiger partial charge in [0, 0.05) is 0 Å². The molecule has 0 aromatic rings. The normalized spacial score (nSPS) is 41.1. The molecule has 10 heteroatoms. The van der Waals surface area contributed by atoms with Crippen molar-refractivity contribution in [3.63, 3.8) is 0 Å². The molecule has 9 nitrogen and oxygen atoms in total. The molecule has 1 aliphatic carbocycles. The first-order chi connectivity index (χ1) is 7.15. The second-order valence-electron chi connectivity index (χ2n) is 3.34. The van der Waals surface area contributed by atoms with Gasteiger partial charge >= 0.3 is 7.82 Å². The van der Waals surface area contributed by atoms with Gasteiger partial charge in [-0.15, -0.1) is 0 Å². The predicted molar refractivity (Wildman–Crippen MR) is 46.0 cm³/mol. The lowest BCUT2D eigenvalue weighted by molar-refractivity contribution is -0.183. The summed E-state index contributed by atoms with van der Waals surface area (Å²) in [6.07, 6.45) is -10.1. The number of carbonyl (C=O) groups is 1. The van der Waals surface area contributed by atoms with E-state index in [1.54, 1.807) is 0 Å². The first-order valence-electron chi connectivity index (χ1n) is 4.15. The number of ketones is 1. The van der Waals surface area contributed by atoms with E-state index in [0.717, 1.165) is 0 Å². The van der Waals surface area contributed by atoms with E-state index >= 15 is 0 Å². The Hall–Kier alpha value is -0.380. The summed E-state index contributed by atoms with van der Waals surface area (Å²) in [5.74, 6) is -1.31. The van der Waals surface area contributed by atoms with Crippen LogP contribution >= 0.6 is 7.82 Å². The van der Waals surface area contributed by atoms with Crippen LogP contribution in [0.3, 0.4) is 0 Å². The third kappa shape index (κ3) is 2.65. The predicted octanol–water partition coefficient (Wildman–Crippen LogP) is -3.51. The molecule has 1 saturated carbocycles. The molecule has 0 aromatic heterocycles. The Balaban J connectivity index is 2.91. The van der Waals surface area contributed by atoms with Gasteiger partial charge in [0.15, 0.2) is 11.9 Å². The smallest absolute Gasteiger partial charge is 0.387 e. The number of hydrogen-bond acceptors (Lipinski definition) is 7. The fourth-order valence-electron chi connectivity index (χ4n) is 1.34. The summed E-state index contributed by atoms with van der Waals surface area (Å²) >= 11 is 0. The van der Waals surface area contributed by atoms with Crippen molar-refractivity contribution in [1.29, 1.82) is 0 Å². The maximum atomic E-state index is 11.2. The topological polar surface area (TPSA) is 165 Å². The zero-order chi connectivity index (χ0) is 12.7. The van der Waals surface area contributed by atoms with E-state index in [-0.39, 0.29) is 0 Å². The Morgan fingerprint density at radius 1 is 1.00 bits per heavy atom. The highest BCUT2D eigenvalue weighted by atomic mass is 31.2. The summed E-state index contributed by atoms with van der Waals surface area (Å²) in [5.41, 5.74) is 0. The van der Waals surface area contributed by atoms with Crippen LogP contribution in [0.4, 0.5) is 0 Å². The molecule has 0 aliphatic heterocycles. The molecule has 0 spiro atoms. The maximum absolute atomic E-state index is 11.2. The van der Waals surface area contributed by atoms with Gasteiger partial charge < -0.3 is 30.2 Å². The van der Waals surface area contributed by atoms with Crippen molar-refractivity contribution in [2.45, 2.75) is 30.5 Å². The minimum atomic E-state index is -5.07. The van der Waals surface area contributed by atoms with Crippen LogP contribution in [0.1, 0.15) is 0 Å². The number of phosphoric ester groups is 1. The lowest BCUT2D eigenvalue weighted by atomic mass is 9.86. The zero-order valence-corrected chi connectivity index (χ0v) is 8.64. The summed E-state index contributed by atoms with van der Waals surface area (Å²) in [6.45, 7) is 0. The monoisotopic (exact) mass is 258 g/mol. The summed E-state index contributed by atoms with van der Waals surface area (Å²) < 4.78 is 14.4. The first-order valence-corrected chi connectivity index (χ1v) is 5.68. The van der Waals surface area contributed by atoms with Crippen molar-refractivity contribution >= 4 is 13.6 Å². The largest absolute Gasteiger partial charge is 0.470 e. The Morgan fingerprint density at radius 2 is 1.50 bits per heavy atom. The van der Waals surface area contributed by atoms with Crippen molar-refractivity contribution in [2.24, 2.45) is 0 Å². The molecule has 0 saturated heterocycles. The highest BCUT2D eigenvalue weighted by Crippen LogP contribution is 2.40. The summed E-state index contributed by atoms with van der Waals surface area (Å²) in [5, 5.41) is 36.6. The highest BCUT2D eigenvalue weighted by Gasteiger charge is 2.50. The number of Topliss-reactive ketones (excluding diaryl/α,β-unsaturated/α-hetero) is 1. The minimum Gasteiger partial charge on any atom is -0.387 e. The van der Waals surface area contributed by atoms with Gasteiger partial charge in [-0.25, -0.2) is 4.57 Å². The molecule has 0 aromatic carbocycles. The van der Waals surface area contributed by atoms with Crippen molar-refractivity contribution in [2.75, 3.05) is 0 Å². The molecule has 0 amide bonds. The number of hydrogen-bond donors (Lipinski definition) is 6. The standard InChI is InChI=1S/C6H11O9P/c7-1-2(8)4(10)6(5(11)3(1)9)15-16(12,13)14/h1-4,6-10H,(H2,12,13,14). The van der Waals surface area contributed by atoms with Crippen LogP contribution in [0.5, 0.6) is 0 Å². The van der Waals surface area contributed by atoms with Gasteiger partial charge in [0.25, 0.3) is 0 Å². The van der Waals surface area contributed by atoms with Gasteiger partial charge in [-0.2, -0.15) is 0 Å². The number of phosphoric acid groups is 1. The molecule has 1 fully saturated rings. The molecule has 0 bridgehead atoms. The van der Waals surface area contributed by atoms with E-state index < -0.39 is 44.1 Å². The summed E-state index contributed by atoms with van der Waals surface area (Å²) in [4.78, 5) is 28.1. The maximum Gasteiger partial charge on any atom is 0.470 e. The van der Waals surface area contributed by atoms with E-state index in [2.05, 4.69) is 4.52 Å². The molecule has 5 unspecified atom stereocenters. The quantitative estimate of drug-likeness (QED) is 0.275. The highest BCUT2D eigenvalue weighted by molar-refractivity contribution is 7.46. The van der Waals surface area contributed by atoms with Crippen LogP contribution in [0, 0.1) is 0 Å². The second kappa shape index (κ2) is 4.47. The lowest BCUT2D eigenvalue weighted by Crippen LogP contribution is -2.62. The summed E-state index contributed by atoms with van der Waals surface area (Å²) in [7, 11) is -5.07. The first kappa shape index (κ1) is 13.7. The van der Waals surface area contributed by atoms with Gasteiger partial charge in [0.2, 0.25) is 0 Å². The van der Waals surface area contributed by atoms with Crippen molar-refractivity contribution in [3.05, 3.63) is 0 Å². The van der Waals surface area contributed by atoms with Gasteiger partial charge in [0.1, 0.15) is 24.4 Å². The van der Waals surface area contributed by atoms with E-state index in [0.29, 0.717) is 0 Å². The van der Waals surface area contributed by atoms with Crippen LogP contribution in [0.2, 0.25) is 0 Å². The van der Waals surface area contributed by atoms with Gasteiger partial charge in [-0.1, -0.05) is 0 Å². The summed E-state index contributed by atoms with van der Waals surface area (Å²) in [6, 6.07) is 0. The number of aliphatic hydroxyl groups is 4. The van der Waals surface area contributed by atoms with Gasteiger partial charge in [0.05, 0.1) is 0 Å². The molecule has 94 valence electrons. The molecule has 16 heavy (non-hydrogen) atoms. The third-order valence-electron chi connectivity index (χ3n) is 2.16. The van der Waals surface area contributed by atoms with Crippen LogP contribution in [-0.4, -0.2) is 66.5 Å². The Morgan fingerprint density at radius 3 is 1.94 bits per heavy atom. The minimum absolute atomic E-state index is 1.31.